The fraction of sp³-hybridized carbons (Fsp3) is 0.138. The summed E-state index contributed by atoms with van der Waals surface area (Å²) in [6.07, 6.45) is 0.321. The van der Waals surface area contributed by atoms with E-state index in [-0.39, 0.29) is 13.0 Å². The van der Waals surface area contributed by atoms with Crippen molar-refractivity contribution in [2.24, 2.45) is 5.92 Å². The molecule has 2 N–H and O–H groups in total. The quantitative estimate of drug-likeness (QED) is 0.189. The lowest BCUT2D eigenvalue weighted by atomic mass is 10.0. The zero-order valence-electron chi connectivity index (χ0n) is 19.3. The molecular formula is C29H23NO6. The van der Waals surface area contributed by atoms with Crippen LogP contribution in [0.2, 0.25) is 0 Å². The second-order valence-electron chi connectivity index (χ2n) is 8.48. The molecule has 0 amide bonds. The van der Waals surface area contributed by atoms with Crippen LogP contribution in [-0.2, 0) is 9.59 Å². The summed E-state index contributed by atoms with van der Waals surface area (Å²) in [5.74, 6) is -2.95. The molecule has 0 aliphatic heterocycles. The molecule has 0 bridgehead atoms. The van der Waals surface area contributed by atoms with Gasteiger partial charge in [-0.1, -0.05) is 48.5 Å². The van der Waals surface area contributed by atoms with Gasteiger partial charge in [0.05, 0.1) is 6.61 Å². The van der Waals surface area contributed by atoms with Crippen molar-refractivity contribution in [2.45, 2.75) is 12.8 Å². The van der Waals surface area contributed by atoms with Gasteiger partial charge in [-0.05, 0) is 71.1 Å². The third-order valence-corrected chi connectivity index (χ3v) is 6.08. The molecule has 0 aliphatic rings. The Morgan fingerprint density at radius 2 is 1.67 bits per heavy atom. The van der Waals surface area contributed by atoms with Gasteiger partial charge in [-0.2, -0.15) is 0 Å². The van der Waals surface area contributed by atoms with Gasteiger partial charge in [0.15, 0.2) is 11.5 Å². The van der Waals surface area contributed by atoms with Gasteiger partial charge in [0, 0.05) is 5.56 Å². The minimum Gasteiger partial charge on any atom is -0.494 e. The van der Waals surface area contributed by atoms with E-state index >= 15 is 0 Å². The number of hydrogen-bond donors (Lipinski definition) is 2. The van der Waals surface area contributed by atoms with E-state index < -0.39 is 17.9 Å². The maximum absolute atomic E-state index is 11.0. The van der Waals surface area contributed by atoms with Gasteiger partial charge in [-0.25, -0.2) is 4.98 Å². The molecule has 36 heavy (non-hydrogen) atoms. The van der Waals surface area contributed by atoms with Crippen LogP contribution in [0.3, 0.4) is 0 Å². The summed E-state index contributed by atoms with van der Waals surface area (Å²) in [7, 11) is 0. The van der Waals surface area contributed by atoms with E-state index in [1.165, 1.54) is 0 Å². The van der Waals surface area contributed by atoms with Gasteiger partial charge in [0.2, 0.25) is 5.89 Å². The van der Waals surface area contributed by atoms with Crippen molar-refractivity contribution in [3.05, 3.63) is 84.9 Å². The molecular weight excluding hydrogens is 458 g/mol. The fourth-order valence-corrected chi connectivity index (χ4v) is 4.22. The first-order chi connectivity index (χ1) is 17.5. The van der Waals surface area contributed by atoms with Crippen molar-refractivity contribution in [3.63, 3.8) is 0 Å². The van der Waals surface area contributed by atoms with Gasteiger partial charge in [-0.3, -0.25) is 9.59 Å². The summed E-state index contributed by atoms with van der Waals surface area (Å²) in [6, 6.07) is 27.6. The second kappa shape index (κ2) is 9.92. The number of oxazole rings is 1. The van der Waals surface area contributed by atoms with Gasteiger partial charge >= 0.3 is 11.9 Å². The summed E-state index contributed by atoms with van der Waals surface area (Å²) in [6.45, 7) is 0.219. The van der Waals surface area contributed by atoms with Crippen molar-refractivity contribution in [1.82, 2.24) is 4.98 Å². The Bertz CT molecular complexity index is 1540. The topological polar surface area (TPSA) is 110 Å². The highest BCUT2D eigenvalue weighted by Crippen LogP contribution is 2.33. The zero-order valence-corrected chi connectivity index (χ0v) is 19.3. The first kappa shape index (κ1) is 23.1. The van der Waals surface area contributed by atoms with Crippen LogP contribution in [0.25, 0.3) is 44.5 Å². The predicted octanol–water partition coefficient (Wildman–Crippen LogP) is 6.26. The Balaban J connectivity index is 1.35. The first-order valence-electron chi connectivity index (χ1n) is 11.6. The van der Waals surface area contributed by atoms with Crippen molar-refractivity contribution < 1.29 is 29.0 Å². The molecule has 0 radical (unpaired) electrons. The van der Waals surface area contributed by atoms with E-state index in [1.54, 1.807) is 0 Å². The molecule has 5 aromatic rings. The summed E-state index contributed by atoms with van der Waals surface area (Å²) < 4.78 is 11.8. The molecule has 7 heteroatoms. The zero-order chi connectivity index (χ0) is 25.1. The number of benzene rings is 4. The Morgan fingerprint density at radius 1 is 0.861 bits per heavy atom. The first-order valence-corrected chi connectivity index (χ1v) is 11.6. The average molecular weight is 482 g/mol. The highest BCUT2D eigenvalue weighted by Gasteiger charge is 2.24. The maximum atomic E-state index is 11.0. The summed E-state index contributed by atoms with van der Waals surface area (Å²) >= 11 is 0. The maximum Gasteiger partial charge on any atom is 0.317 e. The van der Waals surface area contributed by atoms with E-state index in [0.29, 0.717) is 23.6 Å². The van der Waals surface area contributed by atoms with Crippen LogP contribution >= 0.6 is 0 Å². The van der Waals surface area contributed by atoms with Crippen LogP contribution in [0.5, 0.6) is 5.75 Å². The molecule has 1 aromatic heterocycles. The molecule has 0 atom stereocenters. The minimum atomic E-state index is -1.42. The van der Waals surface area contributed by atoms with E-state index in [9.17, 15) is 9.59 Å². The van der Waals surface area contributed by atoms with Gasteiger partial charge in [0.25, 0.3) is 0 Å². The molecule has 0 fully saturated rings. The Hall–Kier alpha value is -4.65. The Morgan fingerprint density at radius 3 is 2.44 bits per heavy atom. The van der Waals surface area contributed by atoms with Crippen LogP contribution in [-0.4, -0.2) is 33.7 Å². The number of fused-ring (bicyclic) bond motifs is 2. The molecule has 5 rings (SSSR count). The van der Waals surface area contributed by atoms with E-state index in [0.717, 1.165) is 33.0 Å². The minimum absolute atomic E-state index is 0.00606. The average Bonchev–Trinajstić information content (AvgIpc) is 3.31. The highest BCUT2D eigenvalue weighted by molar-refractivity contribution is 5.96. The number of carbonyl (C=O) groups is 2. The molecule has 4 aromatic carbocycles. The Kier molecular flexibility index (Phi) is 6.36. The van der Waals surface area contributed by atoms with Crippen LogP contribution in [0.1, 0.15) is 12.8 Å². The van der Waals surface area contributed by atoms with Crippen LogP contribution in [0, 0.1) is 5.92 Å². The molecule has 0 saturated carbocycles. The van der Waals surface area contributed by atoms with Gasteiger partial charge in [0.1, 0.15) is 11.3 Å². The summed E-state index contributed by atoms with van der Waals surface area (Å²) in [5.41, 5.74) is 4.54. The lowest BCUT2D eigenvalue weighted by Crippen LogP contribution is -2.23. The standard InChI is InChI=1S/C29H23NO6/c31-28(32)24(29(33)34)10-5-15-35-21-12-13-22-20(16-21)8-4-9-23(22)27-30-25-17-19(11-14-26(25)36-27)18-6-2-1-3-7-18/h1-4,6-9,11-14,16-17,24H,5,10,15H2,(H,31,32)(H,33,34). The number of rotatable bonds is 9. The number of carboxylic acid groups (broad SMARTS) is 2. The van der Waals surface area contributed by atoms with Crippen molar-refractivity contribution in [2.75, 3.05) is 6.61 Å². The van der Waals surface area contributed by atoms with Crippen molar-refractivity contribution >= 4 is 33.8 Å². The van der Waals surface area contributed by atoms with E-state index in [1.807, 2.05) is 72.8 Å². The number of hydrogen-bond acceptors (Lipinski definition) is 5. The summed E-state index contributed by atoms with van der Waals surface area (Å²) in [5, 5.41) is 19.8. The molecule has 0 unspecified atom stereocenters. The SMILES string of the molecule is O=C(O)C(CCCOc1ccc2c(-c3nc4cc(-c5ccccc5)ccc4o3)cccc2c1)C(=O)O. The molecule has 0 saturated heterocycles. The van der Waals surface area contributed by atoms with E-state index in [4.69, 9.17) is 24.4 Å². The van der Waals surface area contributed by atoms with Gasteiger partial charge in [-0.15, -0.1) is 0 Å². The monoisotopic (exact) mass is 481 g/mol. The van der Waals surface area contributed by atoms with Crippen molar-refractivity contribution in [1.29, 1.82) is 0 Å². The lowest BCUT2D eigenvalue weighted by Gasteiger charge is -2.10. The smallest absolute Gasteiger partial charge is 0.317 e. The third-order valence-electron chi connectivity index (χ3n) is 6.08. The summed E-state index contributed by atoms with van der Waals surface area (Å²) in [4.78, 5) is 26.8. The Labute approximate surface area is 206 Å². The van der Waals surface area contributed by atoms with Crippen LogP contribution < -0.4 is 4.74 Å². The van der Waals surface area contributed by atoms with Gasteiger partial charge < -0.3 is 19.4 Å². The molecule has 7 nitrogen and oxygen atoms in total. The fourth-order valence-electron chi connectivity index (χ4n) is 4.22. The number of aromatic nitrogens is 1. The largest absolute Gasteiger partial charge is 0.494 e. The molecule has 0 aliphatic carbocycles. The number of ether oxygens (including phenoxy) is 1. The second-order valence-corrected chi connectivity index (χ2v) is 8.48. The van der Waals surface area contributed by atoms with E-state index in [2.05, 4.69) is 12.1 Å². The predicted molar refractivity (Wildman–Crippen MR) is 136 cm³/mol. The lowest BCUT2D eigenvalue weighted by molar-refractivity contribution is -0.154. The molecule has 180 valence electrons. The third kappa shape index (κ3) is 4.77. The number of carboxylic acids is 2. The van der Waals surface area contributed by atoms with Crippen LogP contribution in [0.4, 0.5) is 0 Å². The normalized spacial score (nSPS) is 11.2. The number of nitrogens with zero attached hydrogens (tertiary/aromatic N) is 1. The molecule has 1 heterocycles. The highest BCUT2D eigenvalue weighted by atomic mass is 16.5. The molecule has 0 spiro atoms. The number of aliphatic carboxylic acids is 2. The van der Waals surface area contributed by atoms with Crippen molar-refractivity contribution in [3.8, 4) is 28.3 Å². The van der Waals surface area contributed by atoms with Crippen LogP contribution in [0.15, 0.2) is 89.3 Å².